The molecular weight excluding hydrogens is 406 g/mol. The summed E-state index contributed by atoms with van der Waals surface area (Å²) in [4.78, 5) is 14.2. The predicted octanol–water partition coefficient (Wildman–Crippen LogP) is 1.57. The molecule has 2 aliphatic rings. The van der Waals surface area contributed by atoms with Crippen LogP contribution < -0.4 is 5.63 Å². The molecule has 0 amide bonds. The molecule has 164 valence electrons. The number of ether oxygens (including phenoxy) is 1. The highest BCUT2D eigenvalue weighted by Gasteiger charge is 2.36. The van der Waals surface area contributed by atoms with Crippen LogP contribution in [0.3, 0.4) is 0 Å². The van der Waals surface area contributed by atoms with Gasteiger partial charge in [0.05, 0.1) is 12.2 Å². The van der Waals surface area contributed by atoms with Gasteiger partial charge in [-0.05, 0) is 38.0 Å². The van der Waals surface area contributed by atoms with Crippen LogP contribution in [0.4, 0.5) is 0 Å². The van der Waals surface area contributed by atoms with Crippen molar-refractivity contribution in [1.82, 2.24) is 13.5 Å². The van der Waals surface area contributed by atoms with Gasteiger partial charge in [-0.15, -0.1) is 0 Å². The Morgan fingerprint density at radius 2 is 1.67 bits per heavy atom. The Kier molecular flexibility index (Phi) is 6.00. The maximum absolute atomic E-state index is 13.1. The highest BCUT2D eigenvalue weighted by molar-refractivity contribution is 7.86. The van der Waals surface area contributed by atoms with Gasteiger partial charge in [0.15, 0.2) is 0 Å². The molecule has 0 spiro atoms. The Morgan fingerprint density at radius 3 is 2.33 bits per heavy atom. The molecule has 2 saturated heterocycles. The molecular formula is C21H29N3O5S. The summed E-state index contributed by atoms with van der Waals surface area (Å²) in [5.74, 6) is 0. The van der Waals surface area contributed by atoms with Crippen LogP contribution >= 0.6 is 0 Å². The molecule has 9 heteroatoms. The summed E-state index contributed by atoms with van der Waals surface area (Å²) in [6, 6.07) is 7.39. The summed E-state index contributed by atoms with van der Waals surface area (Å²) in [5.41, 5.74) is 2.18. The maximum Gasteiger partial charge on any atom is 0.336 e. The van der Waals surface area contributed by atoms with Gasteiger partial charge in [0.1, 0.15) is 5.58 Å². The second-order valence-electron chi connectivity index (χ2n) is 8.35. The SMILES string of the molecule is Cc1ccc2c(CN3CCN(S(=O)(=O)N4CC(C)OC(C)C4)CC3)cc(=O)oc2c1. The van der Waals surface area contributed by atoms with Gasteiger partial charge in [-0.1, -0.05) is 12.1 Å². The third kappa shape index (κ3) is 4.45. The summed E-state index contributed by atoms with van der Waals surface area (Å²) in [6.07, 6.45) is -0.210. The van der Waals surface area contributed by atoms with Crippen LogP contribution in [0.1, 0.15) is 25.0 Å². The zero-order valence-corrected chi connectivity index (χ0v) is 18.5. The number of rotatable bonds is 4. The van der Waals surface area contributed by atoms with Gasteiger partial charge in [0, 0.05) is 57.3 Å². The molecule has 8 nitrogen and oxygen atoms in total. The number of fused-ring (bicyclic) bond motifs is 1. The summed E-state index contributed by atoms with van der Waals surface area (Å²) in [5, 5.41) is 0.923. The van der Waals surface area contributed by atoms with Gasteiger partial charge in [-0.2, -0.15) is 17.0 Å². The lowest BCUT2D eigenvalue weighted by atomic mass is 10.1. The smallest absolute Gasteiger partial charge is 0.336 e. The number of hydrogen-bond acceptors (Lipinski definition) is 6. The first-order valence-corrected chi connectivity index (χ1v) is 11.8. The molecule has 1 aromatic heterocycles. The van der Waals surface area contributed by atoms with Gasteiger partial charge in [-0.25, -0.2) is 4.79 Å². The molecule has 2 fully saturated rings. The molecule has 4 rings (SSSR count). The fourth-order valence-corrected chi connectivity index (χ4v) is 6.06. The third-order valence-corrected chi connectivity index (χ3v) is 7.72. The van der Waals surface area contributed by atoms with Gasteiger partial charge in [0.25, 0.3) is 10.2 Å². The minimum Gasteiger partial charge on any atom is -0.423 e. The van der Waals surface area contributed by atoms with Crippen molar-refractivity contribution in [1.29, 1.82) is 0 Å². The molecule has 2 aliphatic heterocycles. The van der Waals surface area contributed by atoms with Crippen LogP contribution in [0.25, 0.3) is 11.0 Å². The molecule has 0 bridgehead atoms. The first kappa shape index (κ1) is 21.5. The monoisotopic (exact) mass is 435 g/mol. The summed E-state index contributed by atoms with van der Waals surface area (Å²) in [6.45, 7) is 9.21. The molecule has 2 aromatic rings. The molecule has 2 unspecified atom stereocenters. The van der Waals surface area contributed by atoms with Crippen LogP contribution in [0.5, 0.6) is 0 Å². The number of aryl methyl sites for hydroxylation is 1. The third-order valence-electron chi connectivity index (χ3n) is 5.75. The van der Waals surface area contributed by atoms with Gasteiger partial charge in [-0.3, -0.25) is 4.90 Å². The Bertz CT molecular complexity index is 1070. The van der Waals surface area contributed by atoms with E-state index < -0.39 is 10.2 Å². The van der Waals surface area contributed by atoms with Crippen molar-refractivity contribution in [3.05, 3.63) is 45.8 Å². The van der Waals surface area contributed by atoms with E-state index in [0.29, 0.717) is 51.4 Å². The fourth-order valence-electron chi connectivity index (χ4n) is 4.31. The van der Waals surface area contributed by atoms with E-state index in [2.05, 4.69) is 4.90 Å². The van der Waals surface area contributed by atoms with E-state index in [1.54, 1.807) is 8.61 Å². The average molecular weight is 436 g/mol. The number of nitrogens with zero attached hydrogens (tertiary/aromatic N) is 3. The molecule has 1 aromatic carbocycles. The van der Waals surface area contributed by atoms with E-state index in [9.17, 15) is 13.2 Å². The fraction of sp³-hybridized carbons (Fsp3) is 0.571. The van der Waals surface area contributed by atoms with Crippen LogP contribution in [0, 0.1) is 6.92 Å². The average Bonchev–Trinajstić information content (AvgIpc) is 2.67. The molecule has 0 saturated carbocycles. The molecule has 30 heavy (non-hydrogen) atoms. The highest BCUT2D eigenvalue weighted by Crippen LogP contribution is 2.22. The van der Waals surface area contributed by atoms with Crippen molar-refractivity contribution >= 4 is 21.2 Å². The van der Waals surface area contributed by atoms with Gasteiger partial charge in [0.2, 0.25) is 0 Å². The second kappa shape index (κ2) is 8.39. The lowest BCUT2D eigenvalue weighted by Gasteiger charge is -2.40. The van der Waals surface area contributed by atoms with Crippen LogP contribution in [0.15, 0.2) is 33.5 Å². The van der Waals surface area contributed by atoms with E-state index in [-0.39, 0.29) is 17.8 Å². The zero-order valence-electron chi connectivity index (χ0n) is 17.7. The number of morpholine rings is 1. The van der Waals surface area contributed by atoms with Crippen molar-refractivity contribution in [2.45, 2.75) is 39.5 Å². The van der Waals surface area contributed by atoms with Gasteiger partial charge >= 0.3 is 5.63 Å². The standard InChI is InChI=1S/C21H29N3O5S/c1-15-4-5-19-18(11-21(25)29-20(19)10-15)14-22-6-8-23(9-7-22)30(26,27)24-12-16(2)28-17(3)13-24/h4-5,10-11,16-17H,6-9,12-14H2,1-3H3. The molecule has 0 radical (unpaired) electrons. The largest absolute Gasteiger partial charge is 0.423 e. The highest BCUT2D eigenvalue weighted by atomic mass is 32.2. The lowest BCUT2D eigenvalue weighted by Crippen LogP contribution is -2.57. The Morgan fingerprint density at radius 1 is 1.00 bits per heavy atom. The summed E-state index contributed by atoms with van der Waals surface area (Å²) < 4.78 is 40.3. The number of benzene rings is 1. The maximum atomic E-state index is 13.1. The Hall–Kier alpha value is -1.78. The molecule has 0 N–H and O–H groups in total. The van der Waals surface area contributed by atoms with Crippen LogP contribution in [-0.2, 0) is 21.5 Å². The Balaban J connectivity index is 1.44. The summed E-state index contributed by atoms with van der Waals surface area (Å²) in [7, 11) is -3.50. The quantitative estimate of drug-likeness (QED) is 0.678. The van der Waals surface area contributed by atoms with Crippen molar-refractivity contribution in [2.24, 2.45) is 0 Å². The lowest BCUT2D eigenvalue weighted by molar-refractivity contribution is -0.0457. The minimum absolute atomic E-state index is 0.105. The predicted molar refractivity (Wildman–Crippen MR) is 115 cm³/mol. The topological polar surface area (TPSA) is 83.3 Å². The number of hydrogen-bond donors (Lipinski definition) is 0. The first-order chi connectivity index (χ1) is 14.2. The summed E-state index contributed by atoms with van der Waals surface area (Å²) >= 11 is 0. The Labute approximate surface area is 177 Å². The minimum atomic E-state index is -3.50. The van der Waals surface area contributed by atoms with Crippen LogP contribution in [-0.4, -0.2) is 73.4 Å². The normalized spacial score (nSPS) is 25.0. The van der Waals surface area contributed by atoms with Crippen molar-refractivity contribution in [3.8, 4) is 0 Å². The zero-order chi connectivity index (χ0) is 21.5. The van der Waals surface area contributed by atoms with E-state index >= 15 is 0 Å². The molecule has 2 atom stereocenters. The van der Waals surface area contributed by atoms with E-state index in [1.165, 1.54) is 6.07 Å². The van der Waals surface area contributed by atoms with Crippen molar-refractivity contribution in [3.63, 3.8) is 0 Å². The van der Waals surface area contributed by atoms with E-state index in [1.807, 2.05) is 39.0 Å². The molecule has 3 heterocycles. The first-order valence-electron chi connectivity index (χ1n) is 10.4. The van der Waals surface area contributed by atoms with Crippen molar-refractivity contribution in [2.75, 3.05) is 39.3 Å². The van der Waals surface area contributed by atoms with Crippen molar-refractivity contribution < 1.29 is 17.6 Å². The second-order valence-corrected chi connectivity index (χ2v) is 10.3. The van der Waals surface area contributed by atoms with Gasteiger partial charge < -0.3 is 9.15 Å². The van der Waals surface area contributed by atoms with E-state index in [0.717, 1.165) is 16.5 Å². The number of piperazine rings is 1. The van der Waals surface area contributed by atoms with Crippen LogP contribution in [0.2, 0.25) is 0 Å². The van der Waals surface area contributed by atoms with E-state index in [4.69, 9.17) is 9.15 Å². The molecule has 0 aliphatic carbocycles.